The summed E-state index contributed by atoms with van der Waals surface area (Å²) in [5, 5.41) is 12.7. The predicted molar refractivity (Wildman–Crippen MR) is 66.9 cm³/mol. The van der Waals surface area contributed by atoms with E-state index in [-0.39, 0.29) is 16.8 Å². The van der Waals surface area contributed by atoms with Gasteiger partial charge in [0.15, 0.2) is 0 Å². The van der Waals surface area contributed by atoms with Crippen molar-refractivity contribution in [3.63, 3.8) is 0 Å². The molecule has 0 aromatic carbocycles. The molecule has 0 spiro atoms. The molecule has 1 N–H and O–H groups in total. The van der Waals surface area contributed by atoms with E-state index in [2.05, 4.69) is 15.3 Å². The number of hydrogen-bond donors (Lipinski definition) is 1. The summed E-state index contributed by atoms with van der Waals surface area (Å²) in [6.45, 7) is 0. The van der Waals surface area contributed by atoms with E-state index in [1.54, 1.807) is 6.07 Å². The number of hydrogen-bond acceptors (Lipinski definition) is 6. The van der Waals surface area contributed by atoms with Crippen LogP contribution < -0.4 is 5.32 Å². The van der Waals surface area contributed by atoms with Crippen LogP contribution in [0.5, 0.6) is 0 Å². The van der Waals surface area contributed by atoms with Crippen molar-refractivity contribution in [3.8, 4) is 0 Å². The highest BCUT2D eigenvalue weighted by Gasteiger charge is 2.15. The first-order valence-corrected chi connectivity index (χ1v) is 5.43. The Labute approximate surface area is 112 Å². The molecule has 0 bridgehead atoms. The molecule has 2 heterocycles. The summed E-state index contributed by atoms with van der Waals surface area (Å²) in [7, 11) is 0. The van der Waals surface area contributed by atoms with Crippen molar-refractivity contribution in [1.29, 1.82) is 0 Å². The van der Waals surface area contributed by atoms with E-state index in [1.807, 2.05) is 0 Å². The molecule has 8 nitrogen and oxygen atoms in total. The molecular formula is C12H8N4O4. The second kappa shape index (κ2) is 5.65. The van der Waals surface area contributed by atoms with E-state index in [0.717, 1.165) is 18.5 Å². The van der Waals surface area contributed by atoms with Gasteiger partial charge in [-0.15, -0.1) is 0 Å². The van der Waals surface area contributed by atoms with E-state index < -0.39 is 16.7 Å². The van der Waals surface area contributed by atoms with Gasteiger partial charge in [0.25, 0.3) is 17.5 Å². The van der Waals surface area contributed by atoms with Crippen LogP contribution in [-0.2, 0) is 0 Å². The smallest absolute Gasteiger partial charge is 0.288 e. The largest absolute Gasteiger partial charge is 0.288 e. The number of aromatic nitrogens is 2. The number of carbonyl (C=O) groups excluding carboxylic acids is 2. The fourth-order valence-corrected chi connectivity index (χ4v) is 1.40. The van der Waals surface area contributed by atoms with Gasteiger partial charge in [0.1, 0.15) is 6.20 Å². The Morgan fingerprint density at radius 3 is 2.45 bits per heavy atom. The zero-order chi connectivity index (χ0) is 14.5. The average Bonchev–Trinajstić information content (AvgIpc) is 2.48. The summed E-state index contributed by atoms with van der Waals surface area (Å²) in [5.74, 6) is -1.41. The molecule has 100 valence electrons. The molecule has 0 aliphatic rings. The maximum Gasteiger partial charge on any atom is 0.288 e. The minimum absolute atomic E-state index is 0.0727. The molecule has 0 fully saturated rings. The van der Waals surface area contributed by atoms with Gasteiger partial charge in [-0.05, 0) is 12.1 Å². The van der Waals surface area contributed by atoms with Gasteiger partial charge in [-0.3, -0.25) is 35.0 Å². The van der Waals surface area contributed by atoms with E-state index in [4.69, 9.17) is 0 Å². The SMILES string of the molecule is O=C(NC(=O)c1cncc([N+](=O)[O-])c1)c1cccnc1. The van der Waals surface area contributed by atoms with Crippen LogP contribution in [0.15, 0.2) is 43.0 Å². The highest BCUT2D eigenvalue weighted by Crippen LogP contribution is 2.10. The first-order valence-electron chi connectivity index (χ1n) is 5.43. The molecule has 2 aromatic heterocycles. The van der Waals surface area contributed by atoms with Crippen molar-refractivity contribution in [2.45, 2.75) is 0 Å². The van der Waals surface area contributed by atoms with Crippen LogP contribution in [0.4, 0.5) is 5.69 Å². The lowest BCUT2D eigenvalue weighted by Gasteiger charge is -2.03. The molecule has 0 atom stereocenters. The monoisotopic (exact) mass is 272 g/mol. The van der Waals surface area contributed by atoms with Crippen molar-refractivity contribution in [3.05, 3.63) is 64.2 Å². The first kappa shape index (κ1) is 13.3. The van der Waals surface area contributed by atoms with Crippen LogP contribution in [0.3, 0.4) is 0 Å². The van der Waals surface area contributed by atoms with E-state index in [0.29, 0.717) is 0 Å². The molecule has 2 rings (SSSR count). The van der Waals surface area contributed by atoms with Crippen LogP contribution in [0.2, 0.25) is 0 Å². The summed E-state index contributed by atoms with van der Waals surface area (Å²) in [6, 6.07) is 4.08. The van der Waals surface area contributed by atoms with Crippen molar-refractivity contribution < 1.29 is 14.5 Å². The van der Waals surface area contributed by atoms with Crippen LogP contribution in [-0.4, -0.2) is 26.7 Å². The molecule has 2 amide bonds. The maximum absolute atomic E-state index is 11.8. The van der Waals surface area contributed by atoms with Gasteiger partial charge in [-0.25, -0.2) is 0 Å². The van der Waals surface area contributed by atoms with Crippen molar-refractivity contribution >= 4 is 17.5 Å². The Balaban J connectivity index is 2.15. The summed E-state index contributed by atoms with van der Waals surface area (Å²) in [6.07, 6.45) is 4.94. The summed E-state index contributed by atoms with van der Waals surface area (Å²) in [5.41, 5.74) is -0.192. The summed E-state index contributed by atoms with van der Waals surface area (Å²) >= 11 is 0. The third-order valence-electron chi connectivity index (χ3n) is 2.35. The number of carbonyl (C=O) groups is 2. The highest BCUT2D eigenvalue weighted by molar-refractivity contribution is 6.10. The third-order valence-corrected chi connectivity index (χ3v) is 2.35. The number of nitrogens with one attached hydrogen (secondary N) is 1. The fourth-order valence-electron chi connectivity index (χ4n) is 1.40. The topological polar surface area (TPSA) is 115 Å². The number of rotatable bonds is 3. The number of imide groups is 1. The average molecular weight is 272 g/mol. The maximum atomic E-state index is 11.8. The van der Waals surface area contributed by atoms with Crippen molar-refractivity contribution in [2.75, 3.05) is 0 Å². The number of amides is 2. The molecule has 20 heavy (non-hydrogen) atoms. The van der Waals surface area contributed by atoms with Crippen LogP contribution in [0.1, 0.15) is 20.7 Å². The minimum Gasteiger partial charge on any atom is -0.288 e. The third kappa shape index (κ3) is 2.99. The van der Waals surface area contributed by atoms with Gasteiger partial charge >= 0.3 is 0 Å². The van der Waals surface area contributed by atoms with E-state index in [1.165, 1.54) is 18.5 Å². The Morgan fingerprint density at radius 2 is 1.80 bits per heavy atom. The first-order chi connectivity index (χ1) is 9.58. The lowest BCUT2D eigenvalue weighted by atomic mass is 10.2. The summed E-state index contributed by atoms with van der Waals surface area (Å²) < 4.78 is 0. The molecule has 0 saturated heterocycles. The van der Waals surface area contributed by atoms with Crippen LogP contribution in [0, 0.1) is 10.1 Å². The Bertz CT molecular complexity index is 672. The normalized spacial score (nSPS) is 9.80. The summed E-state index contributed by atoms with van der Waals surface area (Å²) in [4.78, 5) is 40.7. The van der Waals surface area contributed by atoms with Gasteiger partial charge < -0.3 is 0 Å². The van der Waals surface area contributed by atoms with Crippen LogP contribution in [0.25, 0.3) is 0 Å². The minimum atomic E-state index is -0.768. The van der Waals surface area contributed by atoms with Crippen molar-refractivity contribution in [2.24, 2.45) is 0 Å². The molecule has 0 unspecified atom stereocenters. The lowest BCUT2D eigenvalue weighted by Crippen LogP contribution is -2.30. The quantitative estimate of drug-likeness (QED) is 0.505. The lowest BCUT2D eigenvalue weighted by molar-refractivity contribution is -0.385. The standard InChI is InChI=1S/C12H8N4O4/c17-11(8-2-1-3-13-5-8)15-12(18)9-4-10(16(19)20)7-14-6-9/h1-7H,(H,15,17,18). The van der Waals surface area contributed by atoms with Gasteiger partial charge in [0.05, 0.1) is 16.1 Å². The van der Waals surface area contributed by atoms with Crippen LogP contribution >= 0.6 is 0 Å². The number of nitro groups is 1. The zero-order valence-electron chi connectivity index (χ0n) is 10.0. The molecule has 2 aromatic rings. The van der Waals surface area contributed by atoms with Gasteiger partial charge in [-0.1, -0.05) is 0 Å². The van der Waals surface area contributed by atoms with E-state index in [9.17, 15) is 19.7 Å². The molecule has 0 aliphatic heterocycles. The molecule has 0 aliphatic carbocycles. The Hall–Kier alpha value is -3.16. The molecule has 8 heteroatoms. The Morgan fingerprint density at radius 1 is 1.10 bits per heavy atom. The number of pyridine rings is 2. The van der Waals surface area contributed by atoms with Crippen molar-refractivity contribution in [1.82, 2.24) is 15.3 Å². The number of nitrogens with zero attached hydrogens (tertiary/aromatic N) is 3. The molecular weight excluding hydrogens is 264 g/mol. The molecule has 0 saturated carbocycles. The molecule has 0 radical (unpaired) electrons. The van der Waals surface area contributed by atoms with Gasteiger partial charge in [0.2, 0.25) is 0 Å². The van der Waals surface area contributed by atoms with Gasteiger partial charge in [-0.2, -0.15) is 0 Å². The highest BCUT2D eigenvalue weighted by atomic mass is 16.6. The fraction of sp³-hybridized carbons (Fsp3) is 0. The zero-order valence-corrected chi connectivity index (χ0v) is 10.0. The van der Waals surface area contributed by atoms with E-state index >= 15 is 0 Å². The second-order valence-electron chi connectivity index (χ2n) is 3.71. The predicted octanol–water partition coefficient (Wildman–Crippen LogP) is 0.955. The Kier molecular flexibility index (Phi) is 3.75. The van der Waals surface area contributed by atoms with Gasteiger partial charge in [0, 0.05) is 24.7 Å². The second-order valence-corrected chi connectivity index (χ2v) is 3.71.